The van der Waals surface area contributed by atoms with Crippen molar-refractivity contribution in [2.75, 3.05) is 24.5 Å². The number of hydrogen-bond donors (Lipinski definition) is 1. The highest BCUT2D eigenvalue weighted by atomic mass is 16.6. The quantitative estimate of drug-likeness (QED) is 0.674. The standard InChI is InChI=1S/C15H16N4O2/c20-19(21)14-9-17-12-4-2-1-3-11(12)15(14)18-6-5-10-7-16-8-13(10)18/h1-4,9-10,13,16H,5-8H2/t10-,13+/m0/s1. The van der Waals surface area contributed by atoms with Gasteiger partial charge in [-0.05, 0) is 18.4 Å². The fraction of sp³-hybridized carbons (Fsp3) is 0.400. The molecule has 1 aromatic carbocycles. The second-order valence-electron chi connectivity index (χ2n) is 5.73. The lowest BCUT2D eigenvalue weighted by Crippen LogP contribution is -2.34. The normalized spacial score (nSPS) is 24.5. The van der Waals surface area contributed by atoms with E-state index < -0.39 is 0 Å². The molecule has 0 bridgehead atoms. The first kappa shape index (κ1) is 12.5. The lowest BCUT2D eigenvalue weighted by molar-refractivity contribution is -0.384. The molecule has 0 spiro atoms. The van der Waals surface area contributed by atoms with Crippen LogP contribution in [0.15, 0.2) is 30.5 Å². The van der Waals surface area contributed by atoms with E-state index >= 15 is 0 Å². The summed E-state index contributed by atoms with van der Waals surface area (Å²) in [5.41, 5.74) is 1.66. The molecule has 0 unspecified atom stereocenters. The highest BCUT2D eigenvalue weighted by Crippen LogP contribution is 2.40. The van der Waals surface area contributed by atoms with Crippen molar-refractivity contribution in [1.29, 1.82) is 0 Å². The molecule has 4 rings (SSSR count). The summed E-state index contributed by atoms with van der Waals surface area (Å²) in [6.45, 7) is 2.79. The summed E-state index contributed by atoms with van der Waals surface area (Å²) < 4.78 is 0. The van der Waals surface area contributed by atoms with Gasteiger partial charge in [-0.1, -0.05) is 18.2 Å². The number of aromatic nitrogens is 1. The average molecular weight is 284 g/mol. The lowest BCUT2D eigenvalue weighted by Gasteiger charge is -2.26. The van der Waals surface area contributed by atoms with E-state index in [1.807, 2.05) is 24.3 Å². The van der Waals surface area contributed by atoms with Crippen LogP contribution in [0.3, 0.4) is 0 Å². The summed E-state index contributed by atoms with van der Waals surface area (Å²) in [5, 5.41) is 15.7. The van der Waals surface area contributed by atoms with Gasteiger partial charge in [0.15, 0.2) is 0 Å². The van der Waals surface area contributed by atoms with E-state index in [0.717, 1.165) is 42.6 Å². The van der Waals surface area contributed by atoms with Gasteiger partial charge < -0.3 is 10.2 Å². The monoisotopic (exact) mass is 284 g/mol. The van der Waals surface area contributed by atoms with Gasteiger partial charge >= 0.3 is 5.69 Å². The van der Waals surface area contributed by atoms with Crippen molar-refractivity contribution < 1.29 is 4.92 Å². The molecule has 0 radical (unpaired) electrons. The lowest BCUT2D eigenvalue weighted by atomic mass is 10.0. The van der Waals surface area contributed by atoms with E-state index in [1.165, 1.54) is 6.20 Å². The van der Waals surface area contributed by atoms with Gasteiger partial charge in [0.1, 0.15) is 11.9 Å². The number of anilines is 1. The van der Waals surface area contributed by atoms with Crippen molar-refractivity contribution in [2.24, 2.45) is 5.92 Å². The van der Waals surface area contributed by atoms with Crippen LogP contribution in [0.5, 0.6) is 0 Å². The Balaban J connectivity index is 1.93. The minimum absolute atomic E-state index is 0.112. The predicted octanol–water partition coefficient (Wildman–Crippen LogP) is 1.94. The number of pyridine rings is 1. The Morgan fingerprint density at radius 3 is 3.05 bits per heavy atom. The van der Waals surface area contributed by atoms with E-state index in [2.05, 4.69) is 15.2 Å². The van der Waals surface area contributed by atoms with Crippen molar-refractivity contribution in [3.8, 4) is 0 Å². The van der Waals surface area contributed by atoms with Crippen LogP contribution in [0.25, 0.3) is 10.9 Å². The number of rotatable bonds is 2. The molecule has 0 aliphatic carbocycles. The van der Waals surface area contributed by atoms with Crippen LogP contribution >= 0.6 is 0 Å². The van der Waals surface area contributed by atoms with Crippen LogP contribution in [0, 0.1) is 16.0 Å². The molecule has 2 aliphatic rings. The Kier molecular flexibility index (Phi) is 2.78. The molecule has 3 heterocycles. The summed E-state index contributed by atoms with van der Waals surface area (Å²) in [6, 6.07) is 8.02. The van der Waals surface area contributed by atoms with Crippen molar-refractivity contribution in [2.45, 2.75) is 12.5 Å². The Bertz CT molecular complexity index is 718. The van der Waals surface area contributed by atoms with Gasteiger partial charge in [0.2, 0.25) is 0 Å². The molecule has 21 heavy (non-hydrogen) atoms. The maximum Gasteiger partial charge on any atom is 0.311 e. The van der Waals surface area contributed by atoms with Crippen molar-refractivity contribution in [3.63, 3.8) is 0 Å². The summed E-state index contributed by atoms with van der Waals surface area (Å²) >= 11 is 0. The highest BCUT2D eigenvalue weighted by Gasteiger charge is 2.40. The predicted molar refractivity (Wildman–Crippen MR) is 80.5 cm³/mol. The third-order valence-electron chi connectivity index (χ3n) is 4.66. The van der Waals surface area contributed by atoms with Crippen LogP contribution in [-0.2, 0) is 0 Å². The van der Waals surface area contributed by atoms with Gasteiger partial charge in [-0.15, -0.1) is 0 Å². The van der Waals surface area contributed by atoms with E-state index in [9.17, 15) is 10.1 Å². The number of nitrogens with one attached hydrogen (secondary N) is 1. The average Bonchev–Trinajstić information content (AvgIpc) is 3.09. The Morgan fingerprint density at radius 2 is 2.19 bits per heavy atom. The van der Waals surface area contributed by atoms with E-state index in [-0.39, 0.29) is 10.6 Å². The molecule has 108 valence electrons. The van der Waals surface area contributed by atoms with Gasteiger partial charge in [0.25, 0.3) is 0 Å². The fourth-order valence-corrected chi connectivity index (χ4v) is 3.68. The van der Waals surface area contributed by atoms with E-state index in [1.54, 1.807) is 0 Å². The number of nitrogens with zero attached hydrogens (tertiary/aromatic N) is 3. The minimum Gasteiger partial charge on any atom is -0.361 e. The molecule has 6 heteroatoms. The van der Waals surface area contributed by atoms with Crippen LogP contribution in [-0.4, -0.2) is 35.6 Å². The largest absolute Gasteiger partial charge is 0.361 e. The zero-order valence-electron chi connectivity index (χ0n) is 11.5. The topological polar surface area (TPSA) is 71.3 Å². The molecule has 1 N–H and O–H groups in total. The molecule has 6 nitrogen and oxygen atoms in total. The summed E-state index contributed by atoms with van der Waals surface area (Å²) in [6.07, 6.45) is 2.48. The molecule has 0 amide bonds. The number of hydrogen-bond acceptors (Lipinski definition) is 5. The summed E-state index contributed by atoms with van der Waals surface area (Å²) in [5.74, 6) is 0.594. The Morgan fingerprint density at radius 1 is 1.33 bits per heavy atom. The highest BCUT2D eigenvalue weighted by molar-refractivity contribution is 5.96. The van der Waals surface area contributed by atoms with Crippen molar-refractivity contribution >= 4 is 22.3 Å². The molecule has 2 aromatic rings. The second kappa shape index (κ2) is 4.66. The molecule has 2 aliphatic heterocycles. The minimum atomic E-state index is -0.315. The van der Waals surface area contributed by atoms with Gasteiger partial charge in [-0.2, -0.15) is 0 Å². The van der Waals surface area contributed by atoms with Crippen molar-refractivity contribution in [3.05, 3.63) is 40.6 Å². The van der Waals surface area contributed by atoms with E-state index in [4.69, 9.17) is 0 Å². The number of nitro groups is 1. The van der Waals surface area contributed by atoms with Crippen LogP contribution in [0.2, 0.25) is 0 Å². The first-order chi connectivity index (χ1) is 10.3. The second-order valence-corrected chi connectivity index (χ2v) is 5.73. The molecular formula is C15H16N4O2. The number of benzene rings is 1. The van der Waals surface area contributed by atoms with Gasteiger partial charge in [-0.25, -0.2) is 4.98 Å². The SMILES string of the molecule is O=[N+]([O-])c1cnc2ccccc2c1N1CC[C@H]2CNC[C@H]21. The van der Waals surface area contributed by atoms with Crippen LogP contribution < -0.4 is 10.2 Å². The van der Waals surface area contributed by atoms with Crippen LogP contribution in [0.1, 0.15) is 6.42 Å². The number of para-hydroxylation sites is 1. The number of fused-ring (bicyclic) bond motifs is 2. The zero-order valence-corrected chi connectivity index (χ0v) is 11.5. The molecule has 1 aromatic heterocycles. The first-order valence-electron chi connectivity index (χ1n) is 7.25. The third kappa shape index (κ3) is 1.86. The molecule has 2 saturated heterocycles. The van der Waals surface area contributed by atoms with E-state index in [0.29, 0.717) is 12.0 Å². The summed E-state index contributed by atoms with van der Waals surface area (Å²) in [4.78, 5) is 17.6. The molecule has 2 fully saturated rings. The first-order valence-corrected chi connectivity index (χ1v) is 7.25. The maximum atomic E-state index is 11.4. The molecule has 2 atom stereocenters. The maximum absolute atomic E-state index is 11.4. The zero-order chi connectivity index (χ0) is 14.4. The van der Waals surface area contributed by atoms with Gasteiger partial charge in [0.05, 0.1) is 10.4 Å². The van der Waals surface area contributed by atoms with Crippen LogP contribution in [0.4, 0.5) is 11.4 Å². The summed E-state index contributed by atoms with van der Waals surface area (Å²) in [7, 11) is 0. The Hall–Kier alpha value is -2.21. The van der Waals surface area contributed by atoms with Gasteiger partial charge in [0, 0.05) is 31.1 Å². The fourth-order valence-electron chi connectivity index (χ4n) is 3.68. The molecular weight excluding hydrogens is 268 g/mol. The van der Waals surface area contributed by atoms with Crippen molar-refractivity contribution in [1.82, 2.24) is 10.3 Å². The van der Waals surface area contributed by atoms with Gasteiger partial charge in [-0.3, -0.25) is 10.1 Å². The Labute approximate surface area is 121 Å². The third-order valence-corrected chi connectivity index (χ3v) is 4.66. The smallest absolute Gasteiger partial charge is 0.311 e. The molecule has 0 saturated carbocycles.